The Hall–Kier alpha value is -9.94. The molecule has 1 aliphatic rings. The van der Waals surface area contributed by atoms with Crippen molar-refractivity contribution in [1.29, 1.82) is 0 Å². The molecule has 0 radical (unpaired) electrons. The largest absolute Gasteiger partial charge is 0.370 e. The van der Waals surface area contributed by atoms with Gasteiger partial charge in [0, 0.05) is 74.1 Å². The van der Waals surface area contributed by atoms with Crippen molar-refractivity contribution in [2.45, 2.75) is 132 Å². The number of aromatic amines is 2. The van der Waals surface area contributed by atoms with Gasteiger partial charge in [-0.05, 0) is 89.2 Å². The van der Waals surface area contributed by atoms with Gasteiger partial charge in [0.2, 0.25) is 47.3 Å². The molecule has 7 aromatic rings. The quantitative estimate of drug-likeness (QED) is 0.0162. The standard InChI is InChI=1S/C66H82N16O8/c1-39(2)56(57(69)83)81-62(88)53(30-40-15-4-3-5-16-40)78-60(86)52(23-12-13-27-67)80-64(90)66(34-44-19-8-9-20-45(44)35-66)82-63(89)55(32-46-36-74-50-22-11-10-21-48(46)50)79-59(85)51(24-14-28-73-65(70)71)76-61(87)54(77-58(84)49(68)33-47-37-72-38-75-47)31-41-25-26-42-17-6-7-18-43(42)29-41/h3-11,15-22,25-26,29,36-39,49,51-56,74H,12-14,23-24,27-28,30-35,67-68H2,1-2H3,(H2,69,83)(H,72,75)(H,76,87)(H,77,84)(H,78,86)(H,79,85)(H,80,90)(H,81,88)(H,82,89)(H4,70,71,73)/t49-,51-,52-,53-,54-,55-,56-/m0/s1. The van der Waals surface area contributed by atoms with Crippen molar-refractivity contribution >= 4 is 74.9 Å². The van der Waals surface area contributed by atoms with E-state index in [0.717, 1.165) is 32.8 Å². The van der Waals surface area contributed by atoms with Crippen LogP contribution < -0.4 is 65.9 Å². The highest BCUT2D eigenvalue weighted by Gasteiger charge is 2.47. The van der Waals surface area contributed by atoms with Crippen molar-refractivity contribution in [2.75, 3.05) is 13.1 Å². The number of H-pyrrole nitrogens is 2. The third kappa shape index (κ3) is 17.9. The fourth-order valence-corrected chi connectivity index (χ4v) is 11.3. The van der Waals surface area contributed by atoms with Gasteiger partial charge in [-0.25, -0.2) is 4.98 Å². The van der Waals surface area contributed by atoms with Crippen LogP contribution in [0.4, 0.5) is 0 Å². The SMILES string of the molecule is CC(C)[C@H](NC(=O)[C@H](Cc1ccccc1)NC(=O)[C@H](CCCCN)NC(=O)C1(NC(=O)[C@H](Cc2c[nH]c3ccccc23)NC(=O)[C@H](CCCN=C(N)N)NC(=O)[C@H](Cc2ccc3ccccc3c2)NC(=O)[C@@H](N)Cc2cnc[nH]2)Cc2ccccc2C1)C(N)=O. The molecule has 474 valence electrons. The smallest absolute Gasteiger partial charge is 0.247 e. The third-order valence-corrected chi connectivity index (χ3v) is 16.2. The number of carbonyl (C=O) groups excluding carboxylic acids is 8. The van der Waals surface area contributed by atoms with Crippen LogP contribution in [0.25, 0.3) is 21.7 Å². The number of nitrogens with one attached hydrogen (secondary N) is 9. The monoisotopic (exact) mass is 1230 g/mol. The van der Waals surface area contributed by atoms with E-state index in [1.807, 2.05) is 97.1 Å². The summed E-state index contributed by atoms with van der Waals surface area (Å²) in [6, 6.07) is 28.3. The first-order chi connectivity index (χ1) is 43.3. The Morgan fingerprint density at radius 1 is 0.578 bits per heavy atom. The maximum absolute atomic E-state index is 15.6. The van der Waals surface area contributed by atoms with E-state index in [1.54, 1.807) is 50.5 Å². The topological polar surface area (TPSA) is 408 Å². The summed E-state index contributed by atoms with van der Waals surface area (Å²) in [7, 11) is 0. The number of primary amides is 1. The number of rotatable bonds is 32. The molecule has 0 unspecified atom stereocenters. The summed E-state index contributed by atoms with van der Waals surface area (Å²) in [5, 5.41) is 22.8. The minimum Gasteiger partial charge on any atom is -0.370 e. The van der Waals surface area contributed by atoms with Gasteiger partial charge in [0.15, 0.2) is 5.96 Å². The van der Waals surface area contributed by atoms with Crippen LogP contribution in [-0.4, -0.2) is 129 Å². The Labute approximate surface area is 521 Å². The first kappa shape index (κ1) is 66.0. The number of aromatic nitrogens is 3. The molecule has 8 amide bonds. The molecule has 0 saturated heterocycles. The number of para-hydroxylation sites is 1. The average Bonchev–Trinajstić information content (AvgIpc) is 1.62. The highest BCUT2D eigenvalue weighted by Crippen LogP contribution is 2.32. The van der Waals surface area contributed by atoms with Crippen LogP contribution in [0.2, 0.25) is 0 Å². The van der Waals surface area contributed by atoms with E-state index in [-0.39, 0.29) is 82.8 Å². The number of hydrogen-bond acceptors (Lipinski definition) is 12. The summed E-state index contributed by atoms with van der Waals surface area (Å²) in [5.74, 6) is -6.33. The molecular formula is C66H82N16O8. The lowest BCUT2D eigenvalue weighted by Gasteiger charge is -2.33. The molecule has 0 bridgehead atoms. The molecule has 8 rings (SSSR count). The molecule has 24 heteroatoms. The van der Waals surface area contributed by atoms with Gasteiger partial charge in [-0.2, -0.15) is 0 Å². The fourth-order valence-electron chi connectivity index (χ4n) is 11.3. The second kappa shape index (κ2) is 31.3. The molecule has 7 atom stereocenters. The number of nitrogens with zero attached hydrogens (tertiary/aromatic N) is 2. The van der Waals surface area contributed by atoms with E-state index in [0.29, 0.717) is 35.2 Å². The van der Waals surface area contributed by atoms with Gasteiger partial charge in [-0.1, -0.05) is 129 Å². The van der Waals surface area contributed by atoms with Crippen LogP contribution >= 0.6 is 0 Å². The number of imidazole rings is 1. The Bertz CT molecular complexity index is 3640. The van der Waals surface area contributed by atoms with Crippen LogP contribution in [0, 0.1) is 5.92 Å². The molecule has 2 aromatic heterocycles. The number of aliphatic imine (C=N–C) groups is 1. The third-order valence-electron chi connectivity index (χ3n) is 16.2. The fraction of sp³-hybridized carbons (Fsp3) is 0.364. The van der Waals surface area contributed by atoms with E-state index in [4.69, 9.17) is 28.7 Å². The first-order valence-corrected chi connectivity index (χ1v) is 30.4. The normalized spacial score (nSPS) is 14.8. The molecule has 1 aliphatic carbocycles. The van der Waals surface area contributed by atoms with Crippen molar-refractivity contribution in [3.63, 3.8) is 0 Å². The Morgan fingerprint density at radius 2 is 1.16 bits per heavy atom. The molecule has 19 N–H and O–H groups in total. The molecule has 0 fully saturated rings. The Morgan fingerprint density at radius 3 is 1.81 bits per heavy atom. The number of amides is 8. The predicted octanol–water partition coefficient (Wildman–Crippen LogP) is 1.53. The van der Waals surface area contributed by atoms with Crippen LogP contribution in [0.1, 0.15) is 79.5 Å². The molecule has 5 aromatic carbocycles. The molecule has 24 nitrogen and oxygen atoms in total. The lowest BCUT2D eigenvalue weighted by Crippen LogP contribution is -2.66. The minimum atomic E-state index is -1.76. The van der Waals surface area contributed by atoms with Gasteiger partial charge in [-0.15, -0.1) is 0 Å². The summed E-state index contributed by atoms with van der Waals surface area (Å²) in [4.78, 5) is 131. The molecule has 90 heavy (non-hydrogen) atoms. The summed E-state index contributed by atoms with van der Waals surface area (Å²) >= 11 is 0. The lowest BCUT2D eigenvalue weighted by molar-refractivity contribution is -0.138. The van der Waals surface area contributed by atoms with Gasteiger partial charge < -0.3 is 75.9 Å². The number of fused-ring (bicyclic) bond motifs is 3. The number of carbonyl (C=O) groups is 8. The lowest BCUT2D eigenvalue weighted by atomic mass is 9.92. The van der Waals surface area contributed by atoms with Crippen LogP contribution in [-0.2, 0) is 76.9 Å². The van der Waals surface area contributed by atoms with Crippen molar-refractivity contribution in [3.8, 4) is 0 Å². The maximum atomic E-state index is 15.6. The van der Waals surface area contributed by atoms with E-state index in [1.165, 1.54) is 6.33 Å². The van der Waals surface area contributed by atoms with E-state index >= 15 is 14.4 Å². The van der Waals surface area contributed by atoms with E-state index < -0.39 is 95.1 Å². The van der Waals surface area contributed by atoms with Crippen LogP contribution in [0.5, 0.6) is 0 Å². The van der Waals surface area contributed by atoms with Crippen LogP contribution in [0.15, 0.2) is 145 Å². The van der Waals surface area contributed by atoms with Gasteiger partial charge in [-0.3, -0.25) is 43.3 Å². The van der Waals surface area contributed by atoms with E-state index in [9.17, 15) is 24.0 Å². The van der Waals surface area contributed by atoms with Crippen molar-refractivity contribution < 1.29 is 38.4 Å². The van der Waals surface area contributed by atoms with Gasteiger partial charge in [0.05, 0.1) is 12.4 Å². The van der Waals surface area contributed by atoms with Crippen molar-refractivity contribution in [2.24, 2.45) is 39.6 Å². The number of benzene rings is 5. The van der Waals surface area contributed by atoms with Gasteiger partial charge in [0.1, 0.15) is 41.8 Å². The first-order valence-electron chi connectivity index (χ1n) is 30.4. The zero-order valence-electron chi connectivity index (χ0n) is 50.6. The number of guanidine groups is 1. The molecule has 0 spiro atoms. The number of unbranched alkanes of at least 4 members (excludes halogenated alkanes) is 1. The molecular weight excluding hydrogens is 1140 g/mol. The second-order valence-electron chi connectivity index (χ2n) is 23.4. The van der Waals surface area contributed by atoms with Crippen molar-refractivity contribution in [1.82, 2.24) is 52.2 Å². The highest BCUT2D eigenvalue weighted by molar-refractivity contribution is 6.00. The summed E-state index contributed by atoms with van der Waals surface area (Å²) in [5.41, 5.74) is 32.5. The predicted molar refractivity (Wildman–Crippen MR) is 343 cm³/mol. The van der Waals surface area contributed by atoms with Crippen molar-refractivity contribution in [3.05, 3.63) is 174 Å². The zero-order chi connectivity index (χ0) is 64.3. The minimum absolute atomic E-state index is 0.00549. The molecule has 0 saturated carbocycles. The Kier molecular flexibility index (Phi) is 23.0. The highest BCUT2D eigenvalue weighted by atomic mass is 16.2. The molecule has 0 aliphatic heterocycles. The number of hydrogen-bond donors (Lipinski definition) is 14. The summed E-state index contributed by atoms with van der Waals surface area (Å²) < 4.78 is 0. The zero-order valence-corrected chi connectivity index (χ0v) is 50.6. The van der Waals surface area contributed by atoms with Crippen LogP contribution in [0.3, 0.4) is 0 Å². The molecule has 2 heterocycles. The number of nitrogens with two attached hydrogens (primary N) is 5. The van der Waals surface area contributed by atoms with Gasteiger partial charge >= 0.3 is 0 Å². The summed E-state index contributed by atoms with van der Waals surface area (Å²) in [6.07, 6.45) is 5.78. The average molecular weight is 1230 g/mol. The Balaban J connectivity index is 1.10. The second-order valence-corrected chi connectivity index (χ2v) is 23.4. The maximum Gasteiger partial charge on any atom is 0.247 e. The van der Waals surface area contributed by atoms with E-state index in [2.05, 4.69) is 57.2 Å². The summed E-state index contributed by atoms with van der Waals surface area (Å²) in [6.45, 7) is 3.81. The van der Waals surface area contributed by atoms with Gasteiger partial charge in [0.25, 0.3) is 0 Å².